The summed E-state index contributed by atoms with van der Waals surface area (Å²) in [4.78, 5) is 10.6. The lowest BCUT2D eigenvalue weighted by molar-refractivity contribution is -0.136. The molecule has 0 spiro atoms. The van der Waals surface area contributed by atoms with Crippen LogP contribution in [0.1, 0.15) is 15.9 Å². The lowest BCUT2D eigenvalue weighted by Gasteiger charge is -2.12. The SMILES string of the molecule is Cl.Nc1c(C(=O)O)cc(Br)cc1C(F)(F)F. The van der Waals surface area contributed by atoms with Gasteiger partial charge in [0, 0.05) is 4.47 Å². The van der Waals surface area contributed by atoms with Gasteiger partial charge >= 0.3 is 12.1 Å². The summed E-state index contributed by atoms with van der Waals surface area (Å²) in [5.74, 6) is -1.50. The van der Waals surface area contributed by atoms with Gasteiger partial charge < -0.3 is 10.8 Å². The number of nitrogens with two attached hydrogens (primary N) is 1. The number of hydrogen-bond donors (Lipinski definition) is 2. The number of carboxylic acid groups (broad SMARTS) is 1. The quantitative estimate of drug-likeness (QED) is 0.781. The van der Waals surface area contributed by atoms with E-state index in [4.69, 9.17) is 10.8 Å². The van der Waals surface area contributed by atoms with Crippen LogP contribution in [0.25, 0.3) is 0 Å². The van der Waals surface area contributed by atoms with Gasteiger partial charge in [-0.05, 0) is 12.1 Å². The molecule has 0 fully saturated rings. The number of rotatable bonds is 1. The highest BCUT2D eigenvalue weighted by Gasteiger charge is 2.35. The molecule has 0 aromatic heterocycles. The Balaban J connectivity index is 0.00000225. The third kappa shape index (κ3) is 3.02. The zero-order valence-electron chi connectivity index (χ0n) is 7.51. The maximum atomic E-state index is 12.4. The van der Waals surface area contributed by atoms with Crippen molar-refractivity contribution in [3.63, 3.8) is 0 Å². The Kier molecular flexibility index (Phi) is 4.63. The standard InChI is InChI=1S/C8H5BrF3NO2.ClH/c9-3-1-4(7(14)15)6(13)5(2-3)8(10,11)12;/h1-2H,13H2,(H,14,15);1H. The number of carboxylic acids is 1. The van der Waals surface area contributed by atoms with Crippen molar-refractivity contribution in [3.8, 4) is 0 Å². The van der Waals surface area contributed by atoms with Crippen LogP contribution < -0.4 is 5.73 Å². The molecule has 1 aromatic rings. The van der Waals surface area contributed by atoms with Gasteiger partial charge in [-0.15, -0.1) is 12.4 Å². The molecule has 0 saturated carbocycles. The Morgan fingerprint density at radius 2 is 1.88 bits per heavy atom. The fourth-order valence-electron chi connectivity index (χ4n) is 1.03. The van der Waals surface area contributed by atoms with Crippen LogP contribution in [-0.2, 0) is 6.18 Å². The molecule has 90 valence electrons. The van der Waals surface area contributed by atoms with Crippen molar-refractivity contribution in [2.24, 2.45) is 0 Å². The molecule has 0 aliphatic heterocycles. The summed E-state index contributed by atoms with van der Waals surface area (Å²) in [6, 6.07) is 1.76. The number of benzene rings is 1. The van der Waals surface area contributed by atoms with Crippen LogP contribution in [0.3, 0.4) is 0 Å². The lowest BCUT2D eigenvalue weighted by atomic mass is 10.1. The predicted molar refractivity (Wildman–Crippen MR) is 57.8 cm³/mol. The molecule has 0 bridgehead atoms. The zero-order chi connectivity index (χ0) is 11.8. The van der Waals surface area contributed by atoms with Gasteiger partial charge in [0.25, 0.3) is 0 Å². The highest BCUT2D eigenvalue weighted by atomic mass is 79.9. The van der Waals surface area contributed by atoms with Gasteiger partial charge in [-0.25, -0.2) is 4.79 Å². The topological polar surface area (TPSA) is 63.3 Å². The molecule has 8 heteroatoms. The van der Waals surface area contributed by atoms with E-state index < -0.39 is 29.0 Å². The molecule has 0 aliphatic carbocycles. The number of alkyl halides is 3. The molecule has 16 heavy (non-hydrogen) atoms. The van der Waals surface area contributed by atoms with Gasteiger partial charge in [0.1, 0.15) is 0 Å². The van der Waals surface area contributed by atoms with E-state index in [-0.39, 0.29) is 16.9 Å². The first-order valence-corrected chi connectivity index (χ1v) is 4.42. The molecular formula is C8H6BrClF3NO2. The van der Waals surface area contributed by atoms with E-state index in [0.29, 0.717) is 0 Å². The van der Waals surface area contributed by atoms with Crippen LogP contribution >= 0.6 is 28.3 Å². The average molecular weight is 320 g/mol. The number of anilines is 1. The Morgan fingerprint density at radius 1 is 1.38 bits per heavy atom. The second-order valence-electron chi connectivity index (χ2n) is 2.72. The first-order chi connectivity index (χ1) is 6.73. The van der Waals surface area contributed by atoms with Crippen LogP contribution in [0, 0.1) is 0 Å². The van der Waals surface area contributed by atoms with E-state index in [9.17, 15) is 18.0 Å². The van der Waals surface area contributed by atoms with Crippen LogP contribution in [0.5, 0.6) is 0 Å². The van der Waals surface area contributed by atoms with Crippen molar-refractivity contribution in [2.45, 2.75) is 6.18 Å². The van der Waals surface area contributed by atoms with Crippen molar-refractivity contribution in [1.82, 2.24) is 0 Å². The van der Waals surface area contributed by atoms with Crippen molar-refractivity contribution in [1.29, 1.82) is 0 Å². The zero-order valence-corrected chi connectivity index (χ0v) is 9.91. The summed E-state index contributed by atoms with van der Waals surface area (Å²) in [6.07, 6.45) is -4.67. The number of nitrogen functional groups attached to an aromatic ring is 1. The Morgan fingerprint density at radius 3 is 2.25 bits per heavy atom. The monoisotopic (exact) mass is 319 g/mol. The summed E-state index contributed by atoms with van der Waals surface area (Å²) in [5, 5.41) is 8.61. The predicted octanol–water partition coefficient (Wildman–Crippen LogP) is 3.17. The normalized spacial score (nSPS) is 10.8. The summed E-state index contributed by atoms with van der Waals surface area (Å²) in [5.41, 5.74) is 2.61. The molecule has 3 N–H and O–H groups in total. The summed E-state index contributed by atoms with van der Waals surface area (Å²) < 4.78 is 37.2. The minimum absolute atomic E-state index is 0. The Labute approximate surface area is 103 Å². The van der Waals surface area contributed by atoms with Gasteiger partial charge in [0.15, 0.2) is 0 Å². The lowest BCUT2D eigenvalue weighted by Crippen LogP contribution is -2.13. The molecule has 0 radical (unpaired) electrons. The fourth-order valence-corrected chi connectivity index (χ4v) is 1.49. The number of carbonyl (C=O) groups is 1. The van der Waals surface area contributed by atoms with E-state index in [0.717, 1.165) is 12.1 Å². The van der Waals surface area contributed by atoms with E-state index in [1.54, 1.807) is 0 Å². The van der Waals surface area contributed by atoms with Crippen molar-refractivity contribution in [2.75, 3.05) is 5.73 Å². The minimum atomic E-state index is -4.67. The summed E-state index contributed by atoms with van der Waals surface area (Å²) in [7, 11) is 0. The maximum Gasteiger partial charge on any atom is 0.418 e. The third-order valence-electron chi connectivity index (χ3n) is 1.68. The molecule has 1 aromatic carbocycles. The molecule has 0 aliphatic rings. The van der Waals surface area contributed by atoms with Gasteiger partial charge in [0.2, 0.25) is 0 Å². The fraction of sp³-hybridized carbons (Fsp3) is 0.125. The smallest absolute Gasteiger partial charge is 0.418 e. The average Bonchev–Trinajstić information content (AvgIpc) is 2.06. The van der Waals surface area contributed by atoms with Gasteiger partial charge in [-0.1, -0.05) is 15.9 Å². The number of aromatic carboxylic acids is 1. The van der Waals surface area contributed by atoms with Gasteiger partial charge in [-0.3, -0.25) is 0 Å². The second kappa shape index (κ2) is 4.92. The van der Waals surface area contributed by atoms with Crippen LogP contribution in [0.15, 0.2) is 16.6 Å². The van der Waals surface area contributed by atoms with Crippen molar-refractivity contribution in [3.05, 3.63) is 27.7 Å². The van der Waals surface area contributed by atoms with E-state index >= 15 is 0 Å². The van der Waals surface area contributed by atoms with Crippen molar-refractivity contribution >= 4 is 40.0 Å². The second-order valence-corrected chi connectivity index (χ2v) is 3.63. The first kappa shape index (κ1) is 15.0. The molecule has 0 amide bonds. The first-order valence-electron chi connectivity index (χ1n) is 3.63. The Hall–Kier alpha value is -0.950. The van der Waals surface area contributed by atoms with Crippen LogP contribution in [-0.4, -0.2) is 11.1 Å². The summed E-state index contributed by atoms with van der Waals surface area (Å²) >= 11 is 2.79. The molecule has 0 atom stereocenters. The van der Waals surface area contributed by atoms with E-state index in [2.05, 4.69) is 15.9 Å². The van der Waals surface area contributed by atoms with Crippen LogP contribution in [0.4, 0.5) is 18.9 Å². The highest BCUT2D eigenvalue weighted by molar-refractivity contribution is 9.10. The van der Waals surface area contributed by atoms with Gasteiger partial charge in [0.05, 0.1) is 16.8 Å². The molecule has 0 unspecified atom stereocenters. The molecule has 0 saturated heterocycles. The third-order valence-corrected chi connectivity index (χ3v) is 2.14. The summed E-state index contributed by atoms with van der Waals surface area (Å²) in [6.45, 7) is 0. The Bertz CT molecular complexity index is 422. The number of halogens is 5. The van der Waals surface area contributed by atoms with Gasteiger partial charge in [-0.2, -0.15) is 13.2 Å². The largest absolute Gasteiger partial charge is 0.478 e. The van der Waals surface area contributed by atoms with Crippen molar-refractivity contribution < 1.29 is 23.1 Å². The van der Waals surface area contributed by atoms with E-state index in [1.807, 2.05) is 0 Å². The molecular weight excluding hydrogens is 314 g/mol. The highest BCUT2D eigenvalue weighted by Crippen LogP contribution is 2.37. The van der Waals surface area contributed by atoms with Crippen LogP contribution in [0.2, 0.25) is 0 Å². The molecule has 1 rings (SSSR count). The molecule has 3 nitrogen and oxygen atoms in total. The number of hydrogen-bond acceptors (Lipinski definition) is 2. The van der Waals surface area contributed by atoms with E-state index in [1.165, 1.54) is 0 Å². The maximum absolute atomic E-state index is 12.4. The molecule has 0 heterocycles. The minimum Gasteiger partial charge on any atom is -0.478 e.